The fraction of sp³-hybridized carbons (Fsp3) is 1.00. The number of likely N-dealkylation sites (N-methyl/N-ethyl adjacent to an activating group) is 1. The standard InChI is InChI=1S/C9H22N2O/c1-3-10-7-8-11-6-4-5-9(2)12/h9-12H,3-8H2,1-2H3. The molecule has 0 saturated carbocycles. The van der Waals surface area contributed by atoms with Crippen LogP contribution < -0.4 is 10.6 Å². The van der Waals surface area contributed by atoms with Crippen molar-refractivity contribution in [2.75, 3.05) is 26.2 Å². The Balaban J connectivity index is 2.82. The molecule has 0 aromatic carbocycles. The maximum absolute atomic E-state index is 8.95. The maximum atomic E-state index is 8.95. The molecule has 0 rings (SSSR count). The van der Waals surface area contributed by atoms with Gasteiger partial charge in [0.15, 0.2) is 0 Å². The number of nitrogens with one attached hydrogen (secondary N) is 2. The van der Waals surface area contributed by atoms with Crippen molar-refractivity contribution in [3.05, 3.63) is 0 Å². The summed E-state index contributed by atoms with van der Waals surface area (Å²) in [7, 11) is 0. The zero-order valence-electron chi connectivity index (χ0n) is 8.27. The summed E-state index contributed by atoms with van der Waals surface area (Å²) in [5, 5.41) is 15.5. The lowest BCUT2D eigenvalue weighted by molar-refractivity contribution is 0.181. The molecule has 0 bridgehead atoms. The molecule has 3 heteroatoms. The predicted octanol–water partition coefficient (Wildman–Crippen LogP) is 0.346. The normalized spacial score (nSPS) is 13.2. The minimum Gasteiger partial charge on any atom is -0.393 e. The first kappa shape index (κ1) is 11.9. The highest BCUT2D eigenvalue weighted by molar-refractivity contribution is 4.53. The van der Waals surface area contributed by atoms with E-state index >= 15 is 0 Å². The molecule has 0 saturated heterocycles. The molecule has 12 heavy (non-hydrogen) atoms. The van der Waals surface area contributed by atoms with Crippen molar-refractivity contribution in [1.82, 2.24) is 10.6 Å². The second-order valence-corrected chi connectivity index (χ2v) is 3.09. The van der Waals surface area contributed by atoms with Gasteiger partial charge in [0.25, 0.3) is 0 Å². The van der Waals surface area contributed by atoms with Gasteiger partial charge in [-0.15, -0.1) is 0 Å². The van der Waals surface area contributed by atoms with Crippen LogP contribution in [0, 0.1) is 0 Å². The van der Waals surface area contributed by atoms with E-state index in [-0.39, 0.29) is 6.10 Å². The topological polar surface area (TPSA) is 44.3 Å². The Morgan fingerprint density at radius 2 is 1.83 bits per heavy atom. The van der Waals surface area contributed by atoms with Crippen LogP contribution in [0.15, 0.2) is 0 Å². The van der Waals surface area contributed by atoms with E-state index in [0.29, 0.717) is 0 Å². The summed E-state index contributed by atoms with van der Waals surface area (Å²) in [6.07, 6.45) is 1.80. The van der Waals surface area contributed by atoms with Crippen LogP contribution in [0.2, 0.25) is 0 Å². The van der Waals surface area contributed by atoms with Crippen LogP contribution in [0.5, 0.6) is 0 Å². The molecule has 3 nitrogen and oxygen atoms in total. The Morgan fingerprint density at radius 1 is 1.17 bits per heavy atom. The van der Waals surface area contributed by atoms with Crippen molar-refractivity contribution in [3.8, 4) is 0 Å². The van der Waals surface area contributed by atoms with E-state index in [1.165, 1.54) is 0 Å². The molecule has 74 valence electrons. The van der Waals surface area contributed by atoms with Crippen LogP contribution >= 0.6 is 0 Å². The van der Waals surface area contributed by atoms with Crippen molar-refractivity contribution in [2.24, 2.45) is 0 Å². The van der Waals surface area contributed by atoms with Crippen LogP contribution in [0.25, 0.3) is 0 Å². The minimum atomic E-state index is -0.152. The third-order valence-corrected chi connectivity index (χ3v) is 1.70. The first-order valence-electron chi connectivity index (χ1n) is 4.87. The van der Waals surface area contributed by atoms with Crippen molar-refractivity contribution in [2.45, 2.75) is 32.8 Å². The lowest BCUT2D eigenvalue weighted by Crippen LogP contribution is -2.28. The Kier molecular flexibility index (Phi) is 8.88. The van der Waals surface area contributed by atoms with Gasteiger partial charge in [0.05, 0.1) is 6.10 Å². The number of hydrogen-bond donors (Lipinski definition) is 3. The molecule has 0 aromatic rings. The smallest absolute Gasteiger partial charge is 0.0512 e. The SMILES string of the molecule is CCNCCNCCCC(C)O. The zero-order chi connectivity index (χ0) is 9.23. The molecule has 0 amide bonds. The Hall–Kier alpha value is -0.120. The van der Waals surface area contributed by atoms with Gasteiger partial charge < -0.3 is 15.7 Å². The molecule has 0 aliphatic rings. The van der Waals surface area contributed by atoms with E-state index in [1.807, 2.05) is 6.92 Å². The predicted molar refractivity (Wildman–Crippen MR) is 52.3 cm³/mol. The average Bonchev–Trinajstić information content (AvgIpc) is 2.02. The van der Waals surface area contributed by atoms with Gasteiger partial charge in [-0.3, -0.25) is 0 Å². The van der Waals surface area contributed by atoms with Crippen LogP contribution in [-0.4, -0.2) is 37.4 Å². The van der Waals surface area contributed by atoms with E-state index in [1.54, 1.807) is 0 Å². The minimum absolute atomic E-state index is 0.152. The van der Waals surface area contributed by atoms with Gasteiger partial charge >= 0.3 is 0 Å². The molecular weight excluding hydrogens is 152 g/mol. The van der Waals surface area contributed by atoms with Gasteiger partial charge in [-0.25, -0.2) is 0 Å². The highest BCUT2D eigenvalue weighted by atomic mass is 16.3. The lowest BCUT2D eigenvalue weighted by Gasteiger charge is -2.06. The van der Waals surface area contributed by atoms with Gasteiger partial charge in [-0.2, -0.15) is 0 Å². The van der Waals surface area contributed by atoms with Gasteiger partial charge in [0, 0.05) is 13.1 Å². The third kappa shape index (κ3) is 9.88. The quantitative estimate of drug-likeness (QED) is 0.465. The molecule has 3 N–H and O–H groups in total. The number of aliphatic hydroxyl groups is 1. The van der Waals surface area contributed by atoms with Gasteiger partial charge in [0.1, 0.15) is 0 Å². The average molecular weight is 174 g/mol. The second-order valence-electron chi connectivity index (χ2n) is 3.09. The highest BCUT2D eigenvalue weighted by Gasteiger charge is 1.93. The van der Waals surface area contributed by atoms with E-state index in [0.717, 1.165) is 39.0 Å². The van der Waals surface area contributed by atoms with Crippen LogP contribution in [0.3, 0.4) is 0 Å². The van der Waals surface area contributed by atoms with Crippen LogP contribution in [0.1, 0.15) is 26.7 Å². The Labute approximate surface area is 75.6 Å². The van der Waals surface area contributed by atoms with Crippen LogP contribution in [0.4, 0.5) is 0 Å². The van der Waals surface area contributed by atoms with E-state index in [2.05, 4.69) is 17.6 Å². The molecule has 1 atom stereocenters. The molecule has 0 aliphatic heterocycles. The van der Waals surface area contributed by atoms with Gasteiger partial charge in [-0.1, -0.05) is 6.92 Å². The molecule has 0 aromatic heterocycles. The van der Waals surface area contributed by atoms with Gasteiger partial charge in [0.2, 0.25) is 0 Å². The van der Waals surface area contributed by atoms with Crippen LogP contribution in [-0.2, 0) is 0 Å². The summed E-state index contributed by atoms with van der Waals surface area (Å²) in [4.78, 5) is 0. The summed E-state index contributed by atoms with van der Waals surface area (Å²) in [5.74, 6) is 0. The molecular formula is C9H22N2O. The zero-order valence-corrected chi connectivity index (χ0v) is 8.27. The van der Waals surface area contributed by atoms with Crippen molar-refractivity contribution in [1.29, 1.82) is 0 Å². The molecule has 0 spiro atoms. The molecule has 0 fully saturated rings. The molecule has 0 radical (unpaired) electrons. The van der Waals surface area contributed by atoms with Crippen molar-refractivity contribution >= 4 is 0 Å². The number of hydrogen-bond acceptors (Lipinski definition) is 3. The van der Waals surface area contributed by atoms with Gasteiger partial charge in [-0.05, 0) is 32.9 Å². The van der Waals surface area contributed by atoms with E-state index in [9.17, 15) is 0 Å². The fourth-order valence-corrected chi connectivity index (χ4v) is 1.00. The van der Waals surface area contributed by atoms with E-state index in [4.69, 9.17) is 5.11 Å². The van der Waals surface area contributed by atoms with Crippen molar-refractivity contribution in [3.63, 3.8) is 0 Å². The summed E-state index contributed by atoms with van der Waals surface area (Å²) in [5.41, 5.74) is 0. The molecule has 1 unspecified atom stereocenters. The number of rotatable bonds is 8. The first-order valence-corrected chi connectivity index (χ1v) is 4.87. The summed E-state index contributed by atoms with van der Waals surface area (Å²) >= 11 is 0. The fourth-order valence-electron chi connectivity index (χ4n) is 1.00. The Morgan fingerprint density at radius 3 is 2.42 bits per heavy atom. The maximum Gasteiger partial charge on any atom is 0.0512 e. The summed E-state index contributed by atoms with van der Waals surface area (Å²) in [6.45, 7) is 8.04. The van der Waals surface area contributed by atoms with Crippen molar-refractivity contribution < 1.29 is 5.11 Å². The number of aliphatic hydroxyl groups excluding tert-OH is 1. The highest BCUT2D eigenvalue weighted by Crippen LogP contribution is 1.92. The Bertz CT molecular complexity index is 86.6. The first-order chi connectivity index (χ1) is 5.77. The third-order valence-electron chi connectivity index (χ3n) is 1.70. The molecule has 0 heterocycles. The molecule has 0 aliphatic carbocycles. The summed E-state index contributed by atoms with van der Waals surface area (Å²) < 4.78 is 0. The lowest BCUT2D eigenvalue weighted by atomic mass is 10.2. The summed E-state index contributed by atoms with van der Waals surface area (Å²) in [6, 6.07) is 0. The monoisotopic (exact) mass is 174 g/mol. The van der Waals surface area contributed by atoms with E-state index < -0.39 is 0 Å². The second kappa shape index (κ2) is 8.97. The largest absolute Gasteiger partial charge is 0.393 e.